The van der Waals surface area contributed by atoms with Crippen molar-refractivity contribution in [3.05, 3.63) is 12.2 Å². The van der Waals surface area contributed by atoms with Crippen molar-refractivity contribution >= 4 is 19.8 Å². The Morgan fingerprint density at radius 2 is 0.778 bits per heavy atom. The van der Waals surface area contributed by atoms with E-state index in [1.165, 1.54) is 205 Å². The van der Waals surface area contributed by atoms with Crippen molar-refractivity contribution in [2.75, 3.05) is 26.4 Å². The fourth-order valence-electron chi connectivity index (χ4n) is 8.10. The highest BCUT2D eigenvalue weighted by Gasteiger charge is 2.26. The smallest absolute Gasteiger partial charge is 0.462 e. The van der Waals surface area contributed by atoms with Crippen LogP contribution in [-0.4, -0.2) is 49.3 Å². The summed E-state index contributed by atoms with van der Waals surface area (Å²) in [7, 11) is -4.38. The van der Waals surface area contributed by atoms with E-state index in [4.69, 9.17) is 24.3 Å². The molecule has 0 rings (SSSR count). The standard InChI is InChI=1S/C53H104NO8P/c1-3-5-7-9-11-13-15-17-19-21-22-23-24-25-26-27-28-30-31-33-35-37-39-41-43-45-52(55)59-49-51(50-61-63(57,58)60-48-47-54)62-53(56)46-44-42-40-38-36-34-32-29-20-18-16-14-12-10-8-6-4-2/h18,20,51H,3-17,19,21-50,54H2,1-2H3,(H,57,58)/b20-18-. The topological polar surface area (TPSA) is 134 Å². The van der Waals surface area contributed by atoms with Gasteiger partial charge in [0.25, 0.3) is 0 Å². The van der Waals surface area contributed by atoms with Gasteiger partial charge in [0.05, 0.1) is 13.2 Å². The van der Waals surface area contributed by atoms with E-state index in [0.29, 0.717) is 6.42 Å². The van der Waals surface area contributed by atoms with E-state index < -0.39 is 26.5 Å². The molecule has 0 spiro atoms. The molecule has 0 bridgehead atoms. The van der Waals surface area contributed by atoms with E-state index in [1.54, 1.807) is 0 Å². The predicted octanol–water partition coefficient (Wildman–Crippen LogP) is 16.5. The van der Waals surface area contributed by atoms with Crippen molar-refractivity contribution in [1.82, 2.24) is 0 Å². The number of phosphoric acid groups is 1. The number of esters is 2. The predicted molar refractivity (Wildman–Crippen MR) is 266 cm³/mol. The average molecular weight is 914 g/mol. The highest BCUT2D eigenvalue weighted by atomic mass is 31.2. The van der Waals surface area contributed by atoms with Gasteiger partial charge in [-0.05, 0) is 38.5 Å². The van der Waals surface area contributed by atoms with Gasteiger partial charge in [0, 0.05) is 19.4 Å². The first kappa shape index (κ1) is 61.8. The number of hydrogen-bond acceptors (Lipinski definition) is 8. The van der Waals surface area contributed by atoms with Crippen molar-refractivity contribution in [3.8, 4) is 0 Å². The third kappa shape index (κ3) is 50.0. The van der Waals surface area contributed by atoms with Crippen LogP contribution in [0, 0.1) is 0 Å². The second-order valence-electron chi connectivity index (χ2n) is 18.5. The average Bonchev–Trinajstić information content (AvgIpc) is 3.27. The lowest BCUT2D eigenvalue weighted by Gasteiger charge is -2.19. The van der Waals surface area contributed by atoms with Crippen LogP contribution in [0.15, 0.2) is 12.2 Å². The molecule has 0 fully saturated rings. The fraction of sp³-hybridized carbons (Fsp3) is 0.925. The molecule has 0 aliphatic heterocycles. The van der Waals surface area contributed by atoms with E-state index in [2.05, 4.69) is 26.0 Å². The Morgan fingerprint density at radius 3 is 1.13 bits per heavy atom. The quantitative estimate of drug-likeness (QED) is 0.0265. The molecule has 0 aromatic carbocycles. The molecule has 63 heavy (non-hydrogen) atoms. The Morgan fingerprint density at radius 1 is 0.460 bits per heavy atom. The molecule has 374 valence electrons. The van der Waals surface area contributed by atoms with Crippen LogP contribution in [0.3, 0.4) is 0 Å². The monoisotopic (exact) mass is 914 g/mol. The van der Waals surface area contributed by atoms with Gasteiger partial charge in [0.2, 0.25) is 0 Å². The van der Waals surface area contributed by atoms with Gasteiger partial charge >= 0.3 is 19.8 Å². The Bertz CT molecular complexity index is 1040. The molecule has 10 heteroatoms. The molecule has 2 atom stereocenters. The number of ether oxygens (including phenoxy) is 2. The Labute approximate surface area is 389 Å². The summed E-state index contributed by atoms with van der Waals surface area (Å²) in [5.41, 5.74) is 5.37. The zero-order valence-corrected chi connectivity index (χ0v) is 42.5. The molecule has 0 radical (unpaired) electrons. The zero-order valence-electron chi connectivity index (χ0n) is 41.6. The second-order valence-corrected chi connectivity index (χ2v) is 19.9. The summed E-state index contributed by atoms with van der Waals surface area (Å²) in [5.74, 6) is -0.816. The summed E-state index contributed by atoms with van der Waals surface area (Å²) >= 11 is 0. The van der Waals surface area contributed by atoms with Gasteiger partial charge in [-0.1, -0.05) is 244 Å². The molecular weight excluding hydrogens is 810 g/mol. The summed E-state index contributed by atoms with van der Waals surface area (Å²) in [4.78, 5) is 35.1. The van der Waals surface area contributed by atoms with Crippen LogP contribution in [0.2, 0.25) is 0 Å². The van der Waals surface area contributed by atoms with E-state index in [1.807, 2.05) is 0 Å². The molecule has 0 amide bonds. The lowest BCUT2D eigenvalue weighted by molar-refractivity contribution is -0.161. The first-order valence-electron chi connectivity index (χ1n) is 27.2. The van der Waals surface area contributed by atoms with Gasteiger partial charge in [-0.2, -0.15) is 0 Å². The molecule has 0 saturated heterocycles. The van der Waals surface area contributed by atoms with Gasteiger partial charge in [-0.3, -0.25) is 18.6 Å². The minimum Gasteiger partial charge on any atom is -0.462 e. The normalized spacial score (nSPS) is 13.1. The third-order valence-electron chi connectivity index (χ3n) is 12.2. The number of hydrogen-bond donors (Lipinski definition) is 2. The lowest BCUT2D eigenvalue weighted by Crippen LogP contribution is -2.29. The Kier molecular flexibility index (Phi) is 49.2. The minimum absolute atomic E-state index is 0.0558. The first-order chi connectivity index (χ1) is 30.8. The number of unbranched alkanes of at least 4 members (excludes halogenated alkanes) is 37. The molecular formula is C53H104NO8P. The summed E-state index contributed by atoms with van der Waals surface area (Å²) < 4.78 is 33.0. The number of nitrogens with two attached hydrogens (primary N) is 1. The van der Waals surface area contributed by atoms with E-state index in [9.17, 15) is 19.0 Å². The molecule has 0 aromatic rings. The molecule has 0 aromatic heterocycles. The Hall–Kier alpha value is -1.25. The molecule has 0 heterocycles. The largest absolute Gasteiger partial charge is 0.472 e. The van der Waals surface area contributed by atoms with Gasteiger partial charge in [0.1, 0.15) is 6.61 Å². The van der Waals surface area contributed by atoms with Crippen molar-refractivity contribution < 1.29 is 37.6 Å². The maximum Gasteiger partial charge on any atom is 0.472 e. The number of rotatable bonds is 52. The number of allylic oxidation sites excluding steroid dienone is 2. The van der Waals surface area contributed by atoms with Gasteiger partial charge in [0.15, 0.2) is 6.10 Å². The van der Waals surface area contributed by atoms with E-state index in [0.717, 1.165) is 44.9 Å². The second kappa shape index (κ2) is 50.2. The summed E-state index contributed by atoms with van der Waals surface area (Å²) in [6.45, 7) is 3.79. The van der Waals surface area contributed by atoms with Crippen molar-refractivity contribution in [1.29, 1.82) is 0 Å². The molecule has 3 N–H and O–H groups in total. The molecule has 0 aliphatic carbocycles. The highest BCUT2D eigenvalue weighted by Crippen LogP contribution is 2.43. The number of carbonyl (C=O) groups is 2. The van der Waals surface area contributed by atoms with Crippen LogP contribution in [0.25, 0.3) is 0 Å². The zero-order chi connectivity index (χ0) is 46.0. The first-order valence-corrected chi connectivity index (χ1v) is 28.7. The van der Waals surface area contributed by atoms with E-state index in [-0.39, 0.29) is 38.6 Å². The van der Waals surface area contributed by atoms with Crippen LogP contribution in [0.1, 0.15) is 284 Å². The molecule has 2 unspecified atom stereocenters. The van der Waals surface area contributed by atoms with Gasteiger partial charge in [-0.15, -0.1) is 0 Å². The summed E-state index contributed by atoms with van der Waals surface area (Å²) in [6, 6.07) is 0. The molecule has 9 nitrogen and oxygen atoms in total. The van der Waals surface area contributed by atoms with Crippen LogP contribution < -0.4 is 5.73 Å². The Balaban J connectivity index is 3.93. The van der Waals surface area contributed by atoms with Gasteiger partial charge in [-0.25, -0.2) is 4.57 Å². The maximum atomic E-state index is 12.6. The van der Waals surface area contributed by atoms with E-state index >= 15 is 0 Å². The molecule has 0 saturated carbocycles. The van der Waals surface area contributed by atoms with Crippen LogP contribution in [0.5, 0.6) is 0 Å². The SMILES string of the molecule is CCCCCCCC/C=C\CCCCCCCCCC(=O)OC(COC(=O)CCCCCCCCCCCCCCCCCCCCCCCCCCC)COP(=O)(O)OCCN. The van der Waals surface area contributed by atoms with Crippen LogP contribution in [-0.2, 0) is 32.7 Å². The summed E-state index contributed by atoms with van der Waals surface area (Å²) in [6.07, 6.45) is 55.5. The van der Waals surface area contributed by atoms with Crippen molar-refractivity contribution in [3.63, 3.8) is 0 Å². The van der Waals surface area contributed by atoms with Gasteiger partial charge < -0.3 is 20.1 Å². The third-order valence-corrected chi connectivity index (χ3v) is 13.1. The number of phosphoric ester groups is 1. The highest BCUT2D eigenvalue weighted by molar-refractivity contribution is 7.47. The lowest BCUT2D eigenvalue weighted by atomic mass is 10.0. The molecule has 0 aliphatic rings. The maximum absolute atomic E-state index is 12.6. The van der Waals surface area contributed by atoms with Crippen molar-refractivity contribution in [2.45, 2.75) is 290 Å². The fourth-order valence-corrected chi connectivity index (χ4v) is 8.87. The van der Waals surface area contributed by atoms with Crippen molar-refractivity contribution in [2.24, 2.45) is 5.73 Å². The van der Waals surface area contributed by atoms with Crippen LogP contribution in [0.4, 0.5) is 0 Å². The number of carbonyl (C=O) groups excluding carboxylic acids is 2. The minimum atomic E-state index is -4.38. The summed E-state index contributed by atoms with van der Waals surface area (Å²) in [5, 5.41) is 0. The van der Waals surface area contributed by atoms with Crippen LogP contribution >= 0.6 is 7.82 Å².